The van der Waals surface area contributed by atoms with Crippen molar-refractivity contribution in [2.75, 3.05) is 6.79 Å². The quantitative estimate of drug-likeness (QED) is 0.845. The third-order valence-electron chi connectivity index (χ3n) is 4.03. The van der Waals surface area contributed by atoms with Crippen LogP contribution in [0.5, 0.6) is 11.5 Å². The lowest BCUT2D eigenvalue weighted by Crippen LogP contribution is -2.30. The molecule has 6 heteroatoms. The van der Waals surface area contributed by atoms with E-state index in [4.69, 9.17) is 18.9 Å². The molecule has 2 aliphatic heterocycles. The van der Waals surface area contributed by atoms with Gasteiger partial charge in [0.05, 0.1) is 0 Å². The number of benzene rings is 2. The van der Waals surface area contributed by atoms with E-state index in [0.29, 0.717) is 17.1 Å². The number of nitriles is 2. The Morgan fingerprint density at radius 1 is 0.917 bits per heavy atom. The Hall–Kier alpha value is -3.06. The Kier molecular flexibility index (Phi) is 3.35. The van der Waals surface area contributed by atoms with E-state index >= 15 is 0 Å². The van der Waals surface area contributed by atoms with Crippen LogP contribution in [0.25, 0.3) is 0 Å². The molecular weight excluding hydrogens is 308 g/mol. The average Bonchev–Trinajstić information content (AvgIpc) is 3.26. The van der Waals surface area contributed by atoms with Crippen LogP contribution in [-0.2, 0) is 9.47 Å². The summed E-state index contributed by atoms with van der Waals surface area (Å²) in [6.45, 7) is 0.148. The van der Waals surface area contributed by atoms with E-state index in [9.17, 15) is 10.5 Å². The summed E-state index contributed by atoms with van der Waals surface area (Å²) in [7, 11) is 0. The number of hydrogen-bond acceptors (Lipinski definition) is 6. The summed E-state index contributed by atoms with van der Waals surface area (Å²) in [5.41, 5.74) is -0.356. The van der Waals surface area contributed by atoms with E-state index < -0.39 is 18.0 Å². The molecule has 0 aromatic heterocycles. The van der Waals surface area contributed by atoms with Crippen molar-refractivity contribution in [1.29, 1.82) is 10.5 Å². The lowest BCUT2D eigenvalue weighted by atomic mass is 9.93. The maximum absolute atomic E-state index is 9.57. The zero-order valence-electron chi connectivity index (χ0n) is 12.5. The lowest BCUT2D eigenvalue weighted by Gasteiger charge is -2.18. The zero-order valence-corrected chi connectivity index (χ0v) is 12.5. The number of hydrogen-bond donors (Lipinski definition) is 0. The molecule has 0 radical (unpaired) electrons. The highest BCUT2D eigenvalue weighted by atomic mass is 16.7. The minimum atomic E-state index is -1.73. The first kappa shape index (κ1) is 14.5. The van der Waals surface area contributed by atoms with Gasteiger partial charge in [-0.2, -0.15) is 10.5 Å². The second kappa shape index (κ2) is 5.54. The molecule has 6 nitrogen and oxygen atoms in total. The van der Waals surface area contributed by atoms with Gasteiger partial charge in [-0.05, 0) is 17.7 Å². The third kappa shape index (κ3) is 2.17. The van der Waals surface area contributed by atoms with Crippen LogP contribution in [0.3, 0.4) is 0 Å². The summed E-state index contributed by atoms with van der Waals surface area (Å²) < 4.78 is 22.3. The van der Waals surface area contributed by atoms with Crippen molar-refractivity contribution in [2.45, 2.75) is 18.0 Å². The number of ether oxygens (including phenoxy) is 4. The molecular formula is C18H12N2O4. The number of fused-ring (bicyclic) bond motifs is 1. The summed E-state index contributed by atoms with van der Waals surface area (Å²) in [5, 5.41) is 19.1. The average molecular weight is 320 g/mol. The summed E-state index contributed by atoms with van der Waals surface area (Å²) in [6, 6.07) is 18.3. The van der Waals surface area contributed by atoms with Crippen LogP contribution >= 0.6 is 0 Å². The molecule has 2 aromatic rings. The van der Waals surface area contributed by atoms with Crippen molar-refractivity contribution >= 4 is 0 Å². The molecule has 2 aliphatic rings. The van der Waals surface area contributed by atoms with Crippen molar-refractivity contribution < 1.29 is 18.9 Å². The molecule has 0 bridgehead atoms. The fraction of sp³-hybridized carbons (Fsp3) is 0.222. The zero-order chi connectivity index (χ0) is 16.6. The smallest absolute Gasteiger partial charge is 0.274 e. The van der Waals surface area contributed by atoms with Gasteiger partial charge in [-0.15, -0.1) is 0 Å². The second-order valence-corrected chi connectivity index (χ2v) is 5.45. The Morgan fingerprint density at radius 3 is 2.42 bits per heavy atom. The largest absolute Gasteiger partial charge is 0.454 e. The van der Waals surface area contributed by atoms with E-state index in [1.54, 1.807) is 18.2 Å². The molecule has 0 N–H and O–H groups in total. The second-order valence-electron chi connectivity index (χ2n) is 5.45. The van der Waals surface area contributed by atoms with Gasteiger partial charge in [0.1, 0.15) is 18.2 Å². The van der Waals surface area contributed by atoms with E-state index in [0.717, 1.165) is 5.56 Å². The molecule has 118 valence electrons. The predicted octanol–water partition coefficient (Wildman–Crippen LogP) is 2.99. The highest BCUT2D eigenvalue weighted by Gasteiger charge is 2.52. The van der Waals surface area contributed by atoms with Gasteiger partial charge < -0.3 is 18.9 Å². The standard InChI is InChI=1S/C18H12N2O4/c19-9-18(10-20)16(13-6-7-14-15(8-13)22-11-21-14)23-17(24-18)12-4-2-1-3-5-12/h1-8,16-17H,11H2/t16-,17-/m1/s1. The maximum Gasteiger partial charge on any atom is 0.274 e. The Morgan fingerprint density at radius 2 is 1.67 bits per heavy atom. The minimum absolute atomic E-state index is 0.148. The lowest BCUT2D eigenvalue weighted by molar-refractivity contribution is -0.0718. The van der Waals surface area contributed by atoms with Crippen molar-refractivity contribution in [2.24, 2.45) is 0 Å². The van der Waals surface area contributed by atoms with Gasteiger partial charge in [-0.3, -0.25) is 0 Å². The van der Waals surface area contributed by atoms with Gasteiger partial charge in [0.25, 0.3) is 5.60 Å². The van der Waals surface area contributed by atoms with Crippen molar-refractivity contribution in [3.05, 3.63) is 59.7 Å². The summed E-state index contributed by atoms with van der Waals surface area (Å²) >= 11 is 0. The van der Waals surface area contributed by atoms with E-state index in [-0.39, 0.29) is 6.79 Å². The summed E-state index contributed by atoms with van der Waals surface area (Å²) in [6.07, 6.45) is -1.65. The molecule has 24 heavy (non-hydrogen) atoms. The molecule has 0 spiro atoms. The fourth-order valence-corrected chi connectivity index (χ4v) is 2.82. The van der Waals surface area contributed by atoms with Crippen LogP contribution < -0.4 is 9.47 Å². The molecule has 2 heterocycles. The molecule has 0 unspecified atom stereocenters. The molecule has 2 atom stereocenters. The highest BCUT2D eigenvalue weighted by Crippen LogP contribution is 2.48. The fourth-order valence-electron chi connectivity index (χ4n) is 2.82. The van der Waals surface area contributed by atoms with Gasteiger partial charge in [-0.25, -0.2) is 0 Å². The SMILES string of the molecule is N#CC1(C#N)O[C@H](c2ccccc2)O[C@@H]1c1ccc2c(c1)OCO2. The molecule has 1 saturated heterocycles. The molecule has 4 rings (SSSR count). The third-order valence-corrected chi connectivity index (χ3v) is 4.03. The van der Waals surface area contributed by atoms with Gasteiger partial charge in [-0.1, -0.05) is 36.4 Å². The topological polar surface area (TPSA) is 84.5 Å². The van der Waals surface area contributed by atoms with Gasteiger partial charge in [0.15, 0.2) is 17.8 Å². The van der Waals surface area contributed by atoms with E-state index in [2.05, 4.69) is 0 Å². The summed E-state index contributed by atoms with van der Waals surface area (Å²) in [4.78, 5) is 0. The normalized spacial score (nSPS) is 23.4. The number of nitrogens with zero attached hydrogens (tertiary/aromatic N) is 2. The minimum Gasteiger partial charge on any atom is -0.454 e. The van der Waals surface area contributed by atoms with Crippen LogP contribution in [0.4, 0.5) is 0 Å². The van der Waals surface area contributed by atoms with Crippen LogP contribution in [0.15, 0.2) is 48.5 Å². The predicted molar refractivity (Wildman–Crippen MR) is 80.6 cm³/mol. The molecule has 1 fully saturated rings. The molecule has 0 amide bonds. The first-order chi connectivity index (χ1) is 11.8. The maximum atomic E-state index is 9.57. The summed E-state index contributed by atoms with van der Waals surface area (Å²) in [5.74, 6) is 1.18. The van der Waals surface area contributed by atoms with Crippen LogP contribution in [-0.4, -0.2) is 12.4 Å². The Bertz CT molecular complexity index is 840. The van der Waals surface area contributed by atoms with Crippen LogP contribution in [0.2, 0.25) is 0 Å². The van der Waals surface area contributed by atoms with Crippen molar-refractivity contribution in [3.63, 3.8) is 0 Å². The van der Waals surface area contributed by atoms with Crippen LogP contribution in [0.1, 0.15) is 23.5 Å². The van der Waals surface area contributed by atoms with Gasteiger partial charge in [0, 0.05) is 5.56 Å². The number of rotatable bonds is 2. The Balaban J connectivity index is 1.73. The molecule has 0 saturated carbocycles. The van der Waals surface area contributed by atoms with E-state index in [1.807, 2.05) is 42.5 Å². The monoisotopic (exact) mass is 320 g/mol. The van der Waals surface area contributed by atoms with Crippen molar-refractivity contribution in [3.8, 4) is 23.6 Å². The van der Waals surface area contributed by atoms with E-state index in [1.165, 1.54) is 0 Å². The van der Waals surface area contributed by atoms with Crippen LogP contribution in [0, 0.1) is 22.7 Å². The van der Waals surface area contributed by atoms with Gasteiger partial charge >= 0.3 is 0 Å². The molecule has 0 aliphatic carbocycles. The first-order valence-electron chi connectivity index (χ1n) is 7.36. The Labute approximate surface area is 138 Å². The molecule has 2 aromatic carbocycles. The van der Waals surface area contributed by atoms with Gasteiger partial charge in [0.2, 0.25) is 6.79 Å². The van der Waals surface area contributed by atoms with Crippen molar-refractivity contribution in [1.82, 2.24) is 0 Å². The first-order valence-corrected chi connectivity index (χ1v) is 7.36. The highest BCUT2D eigenvalue weighted by molar-refractivity contribution is 5.47.